The number of anilines is 1. The van der Waals surface area contributed by atoms with Gasteiger partial charge in [-0.05, 0) is 17.7 Å². The van der Waals surface area contributed by atoms with E-state index in [-0.39, 0.29) is 5.82 Å². The highest BCUT2D eigenvalue weighted by atomic mass is 16.5. The van der Waals surface area contributed by atoms with Crippen molar-refractivity contribution in [3.8, 4) is 11.5 Å². The maximum absolute atomic E-state index is 12.1. The molecule has 0 radical (unpaired) electrons. The average molecular weight is 331 g/mol. The molecule has 2 heterocycles. The van der Waals surface area contributed by atoms with Gasteiger partial charge in [0.15, 0.2) is 17.3 Å². The van der Waals surface area contributed by atoms with E-state index < -0.39 is 18.1 Å². The van der Waals surface area contributed by atoms with E-state index in [0.29, 0.717) is 31.3 Å². The Labute approximate surface area is 137 Å². The van der Waals surface area contributed by atoms with E-state index in [9.17, 15) is 9.59 Å². The van der Waals surface area contributed by atoms with Crippen molar-refractivity contribution >= 4 is 11.8 Å². The zero-order valence-electron chi connectivity index (χ0n) is 12.9. The summed E-state index contributed by atoms with van der Waals surface area (Å²) in [6, 6.07) is 5.56. The van der Waals surface area contributed by atoms with E-state index >= 15 is 0 Å². The number of nitrogens with zero attached hydrogens (tertiary/aromatic N) is 2. The smallest absolute Gasteiger partial charge is 0.323 e. The Morgan fingerprint density at radius 1 is 1.29 bits per heavy atom. The Morgan fingerprint density at radius 2 is 2.08 bits per heavy atom. The molecular weight excluding hydrogens is 314 g/mol. The van der Waals surface area contributed by atoms with Crippen molar-refractivity contribution in [2.75, 3.05) is 18.5 Å². The van der Waals surface area contributed by atoms with Crippen LogP contribution in [0.4, 0.5) is 5.82 Å². The van der Waals surface area contributed by atoms with Crippen LogP contribution in [0.5, 0.6) is 11.5 Å². The van der Waals surface area contributed by atoms with Crippen molar-refractivity contribution in [2.24, 2.45) is 0 Å². The maximum atomic E-state index is 12.1. The Kier molecular flexibility index (Phi) is 4.64. The Balaban J connectivity index is 1.73. The molecule has 8 heteroatoms. The minimum atomic E-state index is -1.09. The summed E-state index contributed by atoms with van der Waals surface area (Å²) in [5.41, 5.74) is 0.420. The molecular formula is C16H17N3O5. The number of aliphatic carboxylic acids is 1. The molecule has 3 rings (SSSR count). The zero-order chi connectivity index (χ0) is 16.9. The van der Waals surface area contributed by atoms with Crippen LogP contribution in [0.3, 0.4) is 0 Å². The van der Waals surface area contributed by atoms with Crippen LogP contribution in [-0.2, 0) is 17.9 Å². The first-order valence-corrected chi connectivity index (χ1v) is 7.53. The molecule has 0 bridgehead atoms. The van der Waals surface area contributed by atoms with Crippen molar-refractivity contribution in [2.45, 2.75) is 19.5 Å². The molecule has 0 atom stereocenters. The lowest BCUT2D eigenvalue weighted by Crippen LogP contribution is -2.27. The van der Waals surface area contributed by atoms with Gasteiger partial charge < -0.3 is 19.9 Å². The number of aromatic nitrogens is 2. The van der Waals surface area contributed by atoms with Crippen molar-refractivity contribution in [3.63, 3.8) is 0 Å². The van der Waals surface area contributed by atoms with E-state index in [2.05, 4.69) is 10.3 Å². The summed E-state index contributed by atoms with van der Waals surface area (Å²) in [5.74, 6) is 0.400. The lowest BCUT2D eigenvalue weighted by Gasteiger charge is -2.11. The molecule has 0 spiro atoms. The number of ether oxygens (including phenoxy) is 2. The third-order valence-corrected chi connectivity index (χ3v) is 3.49. The molecule has 0 fully saturated rings. The van der Waals surface area contributed by atoms with Crippen LogP contribution >= 0.6 is 0 Å². The van der Waals surface area contributed by atoms with Crippen molar-refractivity contribution < 1.29 is 19.4 Å². The van der Waals surface area contributed by atoms with Crippen LogP contribution in [0, 0.1) is 0 Å². The number of benzene rings is 1. The minimum Gasteiger partial charge on any atom is -0.490 e. The van der Waals surface area contributed by atoms with Crippen LogP contribution in [-0.4, -0.2) is 33.8 Å². The fraction of sp³-hybridized carbons (Fsp3) is 0.312. The third-order valence-electron chi connectivity index (χ3n) is 3.49. The second kappa shape index (κ2) is 7.03. The number of fused-ring (bicyclic) bond motifs is 1. The summed E-state index contributed by atoms with van der Waals surface area (Å²) in [5, 5.41) is 11.7. The Morgan fingerprint density at radius 3 is 2.88 bits per heavy atom. The highest BCUT2D eigenvalue weighted by molar-refractivity contribution is 5.66. The molecule has 0 unspecified atom stereocenters. The van der Waals surface area contributed by atoms with Crippen LogP contribution in [0.25, 0.3) is 0 Å². The first-order valence-electron chi connectivity index (χ1n) is 7.53. The van der Waals surface area contributed by atoms with Gasteiger partial charge in [0.2, 0.25) is 0 Å². The lowest BCUT2D eigenvalue weighted by molar-refractivity contribution is -0.137. The second-order valence-electron chi connectivity index (χ2n) is 5.29. The number of nitrogens with one attached hydrogen (secondary N) is 1. The van der Waals surface area contributed by atoms with Crippen LogP contribution < -0.4 is 20.3 Å². The third kappa shape index (κ3) is 3.65. The number of carbonyl (C=O) groups is 1. The number of carboxylic acid groups (broad SMARTS) is 1. The lowest BCUT2D eigenvalue weighted by atomic mass is 10.2. The van der Waals surface area contributed by atoms with Crippen LogP contribution in [0.2, 0.25) is 0 Å². The van der Waals surface area contributed by atoms with E-state index in [1.807, 2.05) is 18.2 Å². The molecule has 1 aliphatic heterocycles. The van der Waals surface area contributed by atoms with Crippen molar-refractivity contribution in [3.05, 3.63) is 46.5 Å². The molecule has 0 saturated heterocycles. The monoisotopic (exact) mass is 331 g/mol. The number of carboxylic acids is 1. The summed E-state index contributed by atoms with van der Waals surface area (Å²) < 4.78 is 12.3. The quantitative estimate of drug-likeness (QED) is 0.845. The van der Waals surface area contributed by atoms with Gasteiger partial charge in [0.25, 0.3) is 5.56 Å². The van der Waals surface area contributed by atoms with Gasteiger partial charge in [-0.3, -0.25) is 14.2 Å². The predicted molar refractivity (Wildman–Crippen MR) is 85.5 cm³/mol. The molecule has 1 aromatic heterocycles. The highest BCUT2D eigenvalue weighted by Crippen LogP contribution is 2.30. The largest absolute Gasteiger partial charge is 0.490 e. The minimum absolute atomic E-state index is 0.103. The Bertz CT molecular complexity index is 803. The molecule has 24 heavy (non-hydrogen) atoms. The molecule has 126 valence electrons. The molecule has 1 aliphatic rings. The first-order chi connectivity index (χ1) is 11.6. The van der Waals surface area contributed by atoms with E-state index in [4.69, 9.17) is 14.6 Å². The fourth-order valence-corrected chi connectivity index (χ4v) is 2.34. The SMILES string of the molecule is O=C(O)Cn1ccnc(NCc2ccc3c(c2)OCCCO3)c1=O. The van der Waals surface area contributed by atoms with Gasteiger partial charge >= 0.3 is 5.97 Å². The summed E-state index contributed by atoms with van der Waals surface area (Å²) in [7, 11) is 0. The standard InChI is InChI=1S/C16H17N3O5/c20-14(21)10-19-5-4-17-15(16(19)22)18-9-11-2-3-12-13(8-11)24-7-1-6-23-12/h2-5,8H,1,6-7,9-10H2,(H,17,18)(H,20,21). The summed E-state index contributed by atoms with van der Waals surface area (Å²) in [6.45, 7) is 1.18. The van der Waals surface area contributed by atoms with Crippen molar-refractivity contribution in [1.29, 1.82) is 0 Å². The molecule has 2 N–H and O–H groups in total. The summed E-state index contributed by atoms with van der Waals surface area (Å²) >= 11 is 0. The van der Waals surface area contributed by atoms with E-state index in [1.165, 1.54) is 12.4 Å². The second-order valence-corrected chi connectivity index (χ2v) is 5.29. The predicted octanol–water partition coefficient (Wildman–Crippen LogP) is 1.10. The highest BCUT2D eigenvalue weighted by Gasteiger charge is 2.11. The number of hydrogen-bond donors (Lipinski definition) is 2. The molecule has 1 aromatic carbocycles. The first kappa shape index (κ1) is 15.9. The molecule has 2 aromatic rings. The number of hydrogen-bond acceptors (Lipinski definition) is 6. The van der Waals surface area contributed by atoms with E-state index in [0.717, 1.165) is 16.6 Å². The van der Waals surface area contributed by atoms with Gasteiger partial charge in [-0.25, -0.2) is 4.98 Å². The van der Waals surface area contributed by atoms with Gasteiger partial charge in [0.1, 0.15) is 6.54 Å². The normalized spacial score (nSPS) is 13.2. The van der Waals surface area contributed by atoms with Gasteiger partial charge in [0, 0.05) is 25.4 Å². The van der Waals surface area contributed by atoms with Gasteiger partial charge in [-0.2, -0.15) is 0 Å². The van der Waals surface area contributed by atoms with Crippen LogP contribution in [0.1, 0.15) is 12.0 Å². The zero-order valence-corrected chi connectivity index (χ0v) is 12.9. The van der Waals surface area contributed by atoms with Crippen molar-refractivity contribution in [1.82, 2.24) is 9.55 Å². The van der Waals surface area contributed by atoms with Gasteiger partial charge in [0.05, 0.1) is 13.2 Å². The molecule has 0 saturated carbocycles. The van der Waals surface area contributed by atoms with Crippen LogP contribution in [0.15, 0.2) is 35.4 Å². The molecule has 0 aliphatic carbocycles. The maximum Gasteiger partial charge on any atom is 0.323 e. The topological polar surface area (TPSA) is 103 Å². The summed E-state index contributed by atoms with van der Waals surface area (Å²) in [4.78, 5) is 26.9. The van der Waals surface area contributed by atoms with E-state index in [1.54, 1.807) is 0 Å². The van der Waals surface area contributed by atoms with Gasteiger partial charge in [-0.15, -0.1) is 0 Å². The average Bonchev–Trinajstić information content (AvgIpc) is 2.80. The fourth-order valence-electron chi connectivity index (χ4n) is 2.34. The summed E-state index contributed by atoms with van der Waals surface area (Å²) in [6.07, 6.45) is 3.56. The molecule has 0 amide bonds. The number of rotatable bonds is 5. The molecule has 8 nitrogen and oxygen atoms in total. The van der Waals surface area contributed by atoms with Gasteiger partial charge in [-0.1, -0.05) is 6.07 Å². The Hall–Kier alpha value is -3.03.